The number of rotatable bonds is 2. The highest BCUT2D eigenvalue weighted by molar-refractivity contribution is 6.33. The summed E-state index contributed by atoms with van der Waals surface area (Å²) in [7, 11) is 0. The maximum atomic E-state index is 12.4. The second-order valence-corrected chi connectivity index (χ2v) is 4.75. The lowest BCUT2D eigenvalue weighted by Gasteiger charge is -2.17. The summed E-state index contributed by atoms with van der Waals surface area (Å²) < 4.78 is 1.69. The van der Waals surface area contributed by atoms with Crippen molar-refractivity contribution in [3.05, 3.63) is 35.1 Å². The number of hydrogen-bond donors (Lipinski definition) is 0. The summed E-state index contributed by atoms with van der Waals surface area (Å²) >= 11 is 0. The molecule has 0 atom stereocenters. The van der Waals surface area contributed by atoms with Gasteiger partial charge in [0.1, 0.15) is 5.82 Å². The minimum atomic E-state index is -0.228. The van der Waals surface area contributed by atoms with Crippen LogP contribution in [0.25, 0.3) is 0 Å². The molecule has 0 aromatic carbocycles. The molecular weight excluding hydrogens is 242 g/mol. The van der Waals surface area contributed by atoms with E-state index >= 15 is 0 Å². The molecule has 2 amide bonds. The fourth-order valence-electron chi connectivity index (χ4n) is 2.62. The molecule has 1 aromatic heterocycles. The van der Waals surface area contributed by atoms with Crippen LogP contribution in [0.2, 0.25) is 0 Å². The topological polar surface area (TPSA) is 55.2 Å². The molecule has 1 aliphatic carbocycles. The second kappa shape index (κ2) is 4.19. The van der Waals surface area contributed by atoms with Crippen molar-refractivity contribution in [2.45, 2.75) is 33.2 Å². The lowest BCUT2D eigenvalue weighted by atomic mass is 10.00. The van der Waals surface area contributed by atoms with Gasteiger partial charge in [-0.1, -0.05) is 12.2 Å². The number of anilines is 1. The molecule has 0 radical (unpaired) electrons. The molecule has 1 aromatic rings. The fourth-order valence-corrected chi connectivity index (χ4v) is 2.62. The van der Waals surface area contributed by atoms with E-state index in [9.17, 15) is 9.59 Å². The van der Waals surface area contributed by atoms with E-state index in [1.807, 2.05) is 19.9 Å². The Kier molecular flexibility index (Phi) is 2.62. The average molecular weight is 257 g/mol. The van der Waals surface area contributed by atoms with E-state index in [0.717, 1.165) is 12.0 Å². The van der Waals surface area contributed by atoms with Gasteiger partial charge in [-0.15, -0.1) is 0 Å². The van der Waals surface area contributed by atoms with Crippen molar-refractivity contribution in [3.63, 3.8) is 0 Å². The molecule has 0 saturated carbocycles. The summed E-state index contributed by atoms with van der Waals surface area (Å²) in [5.74, 6) is 0.178. The van der Waals surface area contributed by atoms with E-state index in [2.05, 4.69) is 5.10 Å². The zero-order valence-corrected chi connectivity index (χ0v) is 11.0. The first-order chi connectivity index (χ1) is 9.15. The normalized spacial score (nSPS) is 18.5. The van der Waals surface area contributed by atoms with Gasteiger partial charge in [-0.25, -0.2) is 9.58 Å². The lowest BCUT2D eigenvalue weighted by Crippen LogP contribution is -2.34. The Morgan fingerprint density at radius 1 is 1.32 bits per heavy atom. The number of aryl methyl sites for hydroxylation is 2. The number of carbonyl (C=O) groups is 2. The molecule has 1 aliphatic heterocycles. The molecule has 5 nitrogen and oxygen atoms in total. The molecule has 5 heteroatoms. The summed E-state index contributed by atoms with van der Waals surface area (Å²) in [4.78, 5) is 26.1. The van der Waals surface area contributed by atoms with Gasteiger partial charge >= 0.3 is 0 Å². The fraction of sp³-hybridized carbons (Fsp3) is 0.357. The van der Waals surface area contributed by atoms with Crippen molar-refractivity contribution < 1.29 is 9.59 Å². The third-order valence-corrected chi connectivity index (χ3v) is 3.56. The van der Waals surface area contributed by atoms with Crippen LogP contribution in [0.3, 0.4) is 0 Å². The predicted octanol–water partition coefficient (Wildman–Crippen LogP) is 1.73. The van der Waals surface area contributed by atoms with E-state index in [-0.39, 0.29) is 11.8 Å². The molecule has 2 aliphatic rings. The molecule has 0 saturated heterocycles. The molecule has 2 heterocycles. The standard InChI is InChI=1S/C14H15N3O2/c1-3-16-12(9(2)8-15-16)17-13(18)10-6-4-5-7-11(10)14(17)19/h4,6,8H,3,5,7H2,1-2H3. The highest BCUT2D eigenvalue weighted by Gasteiger charge is 2.40. The smallest absolute Gasteiger partial charge is 0.267 e. The molecule has 19 heavy (non-hydrogen) atoms. The van der Waals surface area contributed by atoms with Crippen molar-refractivity contribution in [2.75, 3.05) is 4.90 Å². The van der Waals surface area contributed by atoms with Gasteiger partial charge in [0.2, 0.25) is 0 Å². The van der Waals surface area contributed by atoms with Crippen LogP contribution in [0.15, 0.2) is 29.5 Å². The van der Waals surface area contributed by atoms with Gasteiger partial charge in [-0.05, 0) is 26.7 Å². The Hall–Kier alpha value is -2.17. The molecule has 0 fully saturated rings. The van der Waals surface area contributed by atoms with Gasteiger partial charge in [-0.2, -0.15) is 5.10 Å². The van der Waals surface area contributed by atoms with Crippen LogP contribution in [0, 0.1) is 6.92 Å². The molecule has 0 N–H and O–H groups in total. The number of allylic oxidation sites excluding steroid dienone is 1. The first-order valence-corrected chi connectivity index (χ1v) is 6.46. The summed E-state index contributed by atoms with van der Waals surface area (Å²) in [5, 5.41) is 4.20. The molecule has 0 unspecified atom stereocenters. The van der Waals surface area contributed by atoms with Crippen molar-refractivity contribution in [3.8, 4) is 0 Å². The van der Waals surface area contributed by atoms with E-state index < -0.39 is 0 Å². The number of imide groups is 1. The molecule has 3 rings (SSSR count). The van der Waals surface area contributed by atoms with Crippen molar-refractivity contribution in [2.24, 2.45) is 0 Å². The third kappa shape index (κ3) is 1.58. The summed E-state index contributed by atoms with van der Waals surface area (Å²) in [5.41, 5.74) is 2.02. The Morgan fingerprint density at radius 3 is 2.79 bits per heavy atom. The van der Waals surface area contributed by atoms with E-state index in [1.54, 1.807) is 17.0 Å². The number of aromatic nitrogens is 2. The number of amides is 2. The molecule has 98 valence electrons. The van der Waals surface area contributed by atoms with Crippen molar-refractivity contribution in [1.82, 2.24) is 9.78 Å². The second-order valence-electron chi connectivity index (χ2n) is 4.75. The quantitative estimate of drug-likeness (QED) is 0.758. The van der Waals surface area contributed by atoms with Gasteiger partial charge in [-0.3, -0.25) is 9.59 Å². The van der Waals surface area contributed by atoms with Crippen LogP contribution < -0.4 is 4.90 Å². The van der Waals surface area contributed by atoms with Gasteiger partial charge in [0, 0.05) is 23.3 Å². The van der Waals surface area contributed by atoms with Crippen molar-refractivity contribution >= 4 is 17.6 Å². The highest BCUT2D eigenvalue weighted by Crippen LogP contribution is 2.33. The first-order valence-electron chi connectivity index (χ1n) is 6.46. The van der Waals surface area contributed by atoms with Crippen LogP contribution >= 0.6 is 0 Å². The maximum Gasteiger partial charge on any atom is 0.267 e. The Balaban J connectivity index is 2.09. The van der Waals surface area contributed by atoms with Crippen LogP contribution in [0.5, 0.6) is 0 Å². The SMILES string of the molecule is CCn1ncc(C)c1N1C(=O)C2=C(CCC=C2)C1=O. The predicted molar refractivity (Wildman–Crippen MR) is 70.5 cm³/mol. The summed E-state index contributed by atoms with van der Waals surface area (Å²) in [6.45, 7) is 4.43. The summed E-state index contributed by atoms with van der Waals surface area (Å²) in [6.07, 6.45) is 6.86. The van der Waals surface area contributed by atoms with Crippen LogP contribution in [-0.2, 0) is 16.1 Å². The van der Waals surface area contributed by atoms with Crippen LogP contribution in [-0.4, -0.2) is 21.6 Å². The average Bonchev–Trinajstić information content (AvgIpc) is 2.90. The van der Waals surface area contributed by atoms with Gasteiger partial charge in [0.15, 0.2) is 0 Å². The number of hydrogen-bond acceptors (Lipinski definition) is 3. The zero-order chi connectivity index (χ0) is 13.6. The Bertz CT molecular complexity index is 637. The van der Waals surface area contributed by atoms with Crippen LogP contribution in [0.1, 0.15) is 25.3 Å². The van der Waals surface area contributed by atoms with E-state index in [1.165, 1.54) is 4.90 Å². The number of carbonyl (C=O) groups excluding carboxylic acids is 2. The number of nitrogens with zero attached hydrogens (tertiary/aromatic N) is 3. The van der Waals surface area contributed by atoms with Gasteiger partial charge < -0.3 is 0 Å². The minimum Gasteiger partial charge on any atom is -0.268 e. The van der Waals surface area contributed by atoms with Crippen molar-refractivity contribution in [1.29, 1.82) is 0 Å². The molecule has 0 spiro atoms. The monoisotopic (exact) mass is 257 g/mol. The minimum absolute atomic E-state index is 0.192. The van der Waals surface area contributed by atoms with E-state index in [4.69, 9.17) is 0 Å². The Labute approximate surface area is 111 Å². The third-order valence-electron chi connectivity index (χ3n) is 3.56. The van der Waals surface area contributed by atoms with Crippen LogP contribution in [0.4, 0.5) is 5.82 Å². The highest BCUT2D eigenvalue weighted by atomic mass is 16.2. The first kappa shape index (κ1) is 11.9. The Morgan fingerprint density at radius 2 is 2.11 bits per heavy atom. The maximum absolute atomic E-state index is 12.4. The largest absolute Gasteiger partial charge is 0.268 e. The molecule has 0 bridgehead atoms. The summed E-state index contributed by atoms with van der Waals surface area (Å²) in [6, 6.07) is 0. The zero-order valence-electron chi connectivity index (χ0n) is 11.0. The molecular formula is C14H15N3O2. The van der Waals surface area contributed by atoms with E-state index in [0.29, 0.717) is 29.9 Å². The van der Waals surface area contributed by atoms with Gasteiger partial charge in [0.05, 0.1) is 6.20 Å². The lowest BCUT2D eigenvalue weighted by molar-refractivity contribution is -0.120. The van der Waals surface area contributed by atoms with Gasteiger partial charge in [0.25, 0.3) is 11.8 Å².